The number of nitro benzene ring substituents is 1. The van der Waals surface area contributed by atoms with Gasteiger partial charge >= 0.3 is 11.7 Å². The van der Waals surface area contributed by atoms with E-state index in [0.717, 1.165) is 0 Å². The first-order chi connectivity index (χ1) is 7.97. The Morgan fingerprint density at radius 2 is 2.24 bits per heavy atom. The predicted octanol–water partition coefficient (Wildman–Crippen LogP) is 1.94. The van der Waals surface area contributed by atoms with E-state index in [2.05, 4.69) is 0 Å². The first-order valence-electron chi connectivity index (χ1n) is 4.84. The van der Waals surface area contributed by atoms with Gasteiger partial charge in [0.25, 0.3) is 0 Å². The van der Waals surface area contributed by atoms with Gasteiger partial charge < -0.3 is 10.5 Å². The minimum Gasteiger partial charge on any atom is -0.466 e. The molecule has 1 aromatic carbocycles. The lowest BCUT2D eigenvalue weighted by atomic mass is 10.1. The topological polar surface area (TPSA) is 95.5 Å². The van der Waals surface area contributed by atoms with E-state index in [1.165, 1.54) is 12.1 Å². The average molecular weight is 259 g/mol. The summed E-state index contributed by atoms with van der Waals surface area (Å²) < 4.78 is 4.73. The van der Waals surface area contributed by atoms with Crippen LogP contribution < -0.4 is 5.73 Å². The number of nitrogen functional groups attached to an aromatic ring is 1. The quantitative estimate of drug-likeness (QED) is 0.385. The minimum absolute atomic E-state index is 0.0555. The van der Waals surface area contributed by atoms with E-state index in [1.54, 1.807) is 6.92 Å². The summed E-state index contributed by atoms with van der Waals surface area (Å²) in [5.41, 5.74) is 5.45. The Hall–Kier alpha value is -1.82. The fourth-order valence-corrected chi connectivity index (χ4v) is 1.56. The van der Waals surface area contributed by atoms with Crippen LogP contribution in [0.2, 0.25) is 5.02 Å². The van der Waals surface area contributed by atoms with E-state index >= 15 is 0 Å². The molecule has 0 radical (unpaired) electrons. The number of carbonyl (C=O) groups excluding carboxylic acids is 1. The molecular weight excluding hydrogens is 248 g/mol. The zero-order chi connectivity index (χ0) is 13.0. The van der Waals surface area contributed by atoms with E-state index < -0.39 is 10.9 Å². The predicted molar refractivity (Wildman–Crippen MR) is 62.9 cm³/mol. The number of rotatable bonds is 4. The Balaban J connectivity index is 3.07. The molecule has 0 bridgehead atoms. The molecule has 0 aromatic heterocycles. The fourth-order valence-electron chi connectivity index (χ4n) is 1.33. The summed E-state index contributed by atoms with van der Waals surface area (Å²) in [5.74, 6) is -0.490. The third-order valence-electron chi connectivity index (χ3n) is 2.08. The van der Waals surface area contributed by atoms with Crippen LogP contribution in [0.1, 0.15) is 12.5 Å². The summed E-state index contributed by atoms with van der Waals surface area (Å²) in [5, 5.41) is 10.7. The smallest absolute Gasteiger partial charge is 0.310 e. The summed E-state index contributed by atoms with van der Waals surface area (Å²) in [6.07, 6.45) is -0.113. The van der Waals surface area contributed by atoms with Gasteiger partial charge in [-0.1, -0.05) is 17.7 Å². The van der Waals surface area contributed by atoms with E-state index in [1.807, 2.05) is 0 Å². The van der Waals surface area contributed by atoms with Crippen molar-refractivity contribution in [1.82, 2.24) is 0 Å². The minimum atomic E-state index is -0.674. The van der Waals surface area contributed by atoms with Gasteiger partial charge in [0.2, 0.25) is 0 Å². The SMILES string of the molecule is CCOC(=O)Cc1ccc(Cl)c([N+](=O)[O-])c1N. The number of nitrogens with zero attached hydrogens (tertiary/aromatic N) is 1. The van der Waals surface area contributed by atoms with Gasteiger partial charge in [0.1, 0.15) is 10.7 Å². The zero-order valence-electron chi connectivity index (χ0n) is 9.10. The van der Waals surface area contributed by atoms with Crippen molar-refractivity contribution in [2.24, 2.45) is 0 Å². The largest absolute Gasteiger partial charge is 0.466 e. The second kappa shape index (κ2) is 5.49. The lowest BCUT2D eigenvalue weighted by Gasteiger charge is -2.06. The molecule has 0 unspecified atom stereocenters. The molecule has 0 aliphatic carbocycles. The molecule has 1 rings (SSSR count). The van der Waals surface area contributed by atoms with Crippen LogP contribution in [0.4, 0.5) is 11.4 Å². The van der Waals surface area contributed by atoms with Crippen molar-refractivity contribution in [3.8, 4) is 0 Å². The molecule has 17 heavy (non-hydrogen) atoms. The molecule has 0 saturated carbocycles. The molecule has 0 aliphatic rings. The van der Waals surface area contributed by atoms with Crippen molar-refractivity contribution in [1.29, 1.82) is 0 Å². The second-order valence-electron chi connectivity index (χ2n) is 3.21. The molecule has 1 aromatic rings. The number of carbonyl (C=O) groups is 1. The first kappa shape index (κ1) is 13.2. The van der Waals surface area contributed by atoms with E-state index in [9.17, 15) is 14.9 Å². The maximum atomic E-state index is 11.3. The van der Waals surface area contributed by atoms with Crippen LogP contribution >= 0.6 is 11.6 Å². The summed E-state index contributed by atoms with van der Waals surface area (Å²) in [6, 6.07) is 2.81. The fraction of sp³-hybridized carbons (Fsp3) is 0.300. The Bertz CT molecular complexity index is 462. The third kappa shape index (κ3) is 3.07. The number of halogens is 1. The lowest BCUT2D eigenvalue weighted by Crippen LogP contribution is -2.10. The molecule has 0 saturated heterocycles. The van der Waals surface area contributed by atoms with Crippen LogP contribution in [-0.2, 0) is 16.0 Å². The van der Waals surface area contributed by atoms with Gasteiger partial charge in [0, 0.05) is 0 Å². The van der Waals surface area contributed by atoms with Crippen LogP contribution in [0.5, 0.6) is 0 Å². The molecule has 0 fully saturated rings. The van der Waals surface area contributed by atoms with Crippen LogP contribution in [0.25, 0.3) is 0 Å². The van der Waals surface area contributed by atoms with Gasteiger partial charge in [-0.25, -0.2) is 0 Å². The van der Waals surface area contributed by atoms with Gasteiger partial charge in [-0.15, -0.1) is 0 Å². The maximum absolute atomic E-state index is 11.3. The highest BCUT2D eigenvalue weighted by atomic mass is 35.5. The van der Waals surface area contributed by atoms with Crippen molar-refractivity contribution in [2.45, 2.75) is 13.3 Å². The third-order valence-corrected chi connectivity index (χ3v) is 2.39. The van der Waals surface area contributed by atoms with Crippen molar-refractivity contribution in [3.63, 3.8) is 0 Å². The molecule has 2 N–H and O–H groups in total. The molecule has 6 nitrogen and oxygen atoms in total. The van der Waals surface area contributed by atoms with Crippen molar-refractivity contribution in [2.75, 3.05) is 12.3 Å². The van der Waals surface area contributed by atoms with E-state index in [4.69, 9.17) is 22.1 Å². The second-order valence-corrected chi connectivity index (χ2v) is 3.61. The standard InChI is InChI=1S/C10H11ClN2O4/c1-2-17-8(14)5-6-3-4-7(11)10(9(6)12)13(15)16/h3-4H,2,5,12H2,1H3. The van der Waals surface area contributed by atoms with Crippen LogP contribution in [0.3, 0.4) is 0 Å². The normalized spacial score (nSPS) is 10.0. The molecular formula is C10H11ClN2O4. The molecule has 7 heteroatoms. The van der Waals surface area contributed by atoms with Crippen LogP contribution in [-0.4, -0.2) is 17.5 Å². The van der Waals surface area contributed by atoms with Crippen molar-refractivity contribution < 1.29 is 14.5 Å². The summed E-state index contributed by atoms with van der Waals surface area (Å²) in [7, 11) is 0. The highest BCUT2D eigenvalue weighted by Gasteiger charge is 2.21. The van der Waals surface area contributed by atoms with E-state index in [0.29, 0.717) is 5.56 Å². The van der Waals surface area contributed by atoms with Gasteiger partial charge in [-0.05, 0) is 18.6 Å². The summed E-state index contributed by atoms with van der Waals surface area (Å²) >= 11 is 5.66. The molecule has 0 amide bonds. The Labute approximate surface area is 102 Å². The number of nitrogens with two attached hydrogens (primary N) is 1. The van der Waals surface area contributed by atoms with Crippen LogP contribution in [0, 0.1) is 10.1 Å². The van der Waals surface area contributed by atoms with E-state index in [-0.39, 0.29) is 29.4 Å². The monoisotopic (exact) mass is 258 g/mol. The summed E-state index contributed by atoms with van der Waals surface area (Å²) in [4.78, 5) is 21.3. The molecule has 0 atom stereocenters. The number of esters is 1. The van der Waals surface area contributed by atoms with Gasteiger partial charge in [0.05, 0.1) is 18.0 Å². The first-order valence-corrected chi connectivity index (χ1v) is 5.22. The summed E-state index contributed by atoms with van der Waals surface area (Å²) in [6.45, 7) is 1.92. The number of ether oxygens (including phenoxy) is 1. The Kier molecular flexibility index (Phi) is 4.28. The molecule has 0 aliphatic heterocycles. The van der Waals surface area contributed by atoms with Crippen LogP contribution in [0.15, 0.2) is 12.1 Å². The molecule has 0 spiro atoms. The lowest BCUT2D eigenvalue weighted by molar-refractivity contribution is -0.383. The zero-order valence-corrected chi connectivity index (χ0v) is 9.86. The van der Waals surface area contributed by atoms with Gasteiger partial charge in [-0.3, -0.25) is 14.9 Å². The average Bonchev–Trinajstić information content (AvgIpc) is 2.22. The highest BCUT2D eigenvalue weighted by molar-refractivity contribution is 6.33. The Morgan fingerprint density at radius 1 is 1.59 bits per heavy atom. The molecule has 92 valence electrons. The number of hydrogen-bond donors (Lipinski definition) is 1. The van der Waals surface area contributed by atoms with Gasteiger partial charge in [0.15, 0.2) is 0 Å². The number of anilines is 1. The highest BCUT2D eigenvalue weighted by Crippen LogP contribution is 2.33. The number of benzene rings is 1. The molecule has 0 heterocycles. The number of nitro groups is 1. The maximum Gasteiger partial charge on any atom is 0.310 e. The van der Waals surface area contributed by atoms with Gasteiger partial charge in [-0.2, -0.15) is 0 Å². The number of hydrogen-bond acceptors (Lipinski definition) is 5. The van der Waals surface area contributed by atoms with Crippen molar-refractivity contribution >= 4 is 28.9 Å². The van der Waals surface area contributed by atoms with Crippen molar-refractivity contribution in [3.05, 3.63) is 32.8 Å². The Morgan fingerprint density at radius 3 is 2.76 bits per heavy atom.